The number of hydrogen-bond acceptors (Lipinski definition) is 3. The van der Waals surface area contributed by atoms with Crippen LogP contribution >= 0.6 is 23.2 Å². The van der Waals surface area contributed by atoms with Gasteiger partial charge in [0.1, 0.15) is 0 Å². The molecule has 5 nitrogen and oxygen atoms in total. The van der Waals surface area contributed by atoms with E-state index in [9.17, 15) is 9.59 Å². The van der Waals surface area contributed by atoms with E-state index < -0.39 is 0 Å². The van der Waals surface area contributed by atoms with Crippen LogP contribution in [0.15, 0.2) is 53.3 Å². The third kappa shape index (κ3) is 3.17. The Balaban J connectivity index is 1.46. The maximum Gasteiger partial charge on any atom is 0.331 e. The number of carbonyl (C=O) groups excluding carboxylic acids is 1. The molecule has 0 spiro atoms. The Labute approximate surface area is 184 Å². The van der Waals surface area contributed by atoms with Crippen LogP contribution in [0, 0.1) is 6.92 Å². The minimum Gasteiger partial charge on any atom is -0.362 e. The summed E-state index contributed by atoms with van der Waals surface area (Å²) in [4.78, 5) is 30.2. The number of nitrogens with zero attached hydrogens (tertiary/aromatic N) is 3. The summed E-state index contributed by atoms with van der Waals surface area (Å²) in [6.45, 7) is 3.14. The number of rotatable bonds is 1. The van der Waals surface area contributed by atoms with E-state index >= 15 is 0 Å². The van der Waals surface area contributed by atoms with E-state index in [1.165, 1.54) is 10.6 Å². The van der Waals surface area contributed by atoms with E-state index in [4.69, 9.17) is 23.2 Å². The van der Waals surface area contributed by atoms with Crippen molar-refractivity contribution in [3.8, 4) is 0 Å². The van der Waals surface area contributed by atoms with Crippen molar-refractivity contribution < 1.29 is 4.79 Å². The lowest BCUT2D eigenvalue weighted by Gasteiger charge is -2.42. The molecule has 2 aromatic carbocycles. The minimum atomic E-state index is -0.296. The number of anilines is 1. The quantitative estimate of drug-likeness (QED) is 0.537. The Kier molecular flexibility index (Phi) is 4.75. The van der Waals surface area contributed by atoms with Gasteiger partial charge in [-0.3, -0.25) is 4.79 Å². The summed E-state index contributed by atoms with van der Waals surface area (Å²) in [6, 6.07) is 14.8. The highest BCUT2D eigenvalue weighted by Crippen LogP contribution is 2.37. The van der Waals surface area contributed by atoms with Gasteiger partial charge in [0.15, 0.2) is 0 Å². The maximum absolute atomic E-state index is 13.4. The number of aryl methyl sites for hydroxylation is 1. The van der Waals surface area contributed by atoms with E-state index in [1.54, 1.807) is 6.07 Å². The van der Waals surface area contributed by atoms with Crippen LogP contribution in [-0.4, -0.2) is 40.7 Å². The summed E-state index contributed by atoms with van der Waals surface area (Å²) in [5, 5.41) is 1.96. The summed E-state index contributed by atoms with van der Waals surface area (Å²) in [6.07, 6.45) is 2.00. The van der Waals surface area contributed by atoms with Crippen LogP contribution in [0.4, 0.5) is 10.5 Å². The number of carbonyl (C=O) groups is 1. The molecule has 2 bridgehead atoms. The fourth-order valence-corrected chi connectivity index (χ4v) is 5.12. The molecular formula is C23H21Cl2N3O2. The molecule has 3 aromatic rings. The first-order chi connectivity index (χ1) is 14.4. The summed E-state index contributed by atoms with van der Waals surface area (Å²) in [5.74, 6) is 0. The number of piperazine rings is 1. The highest BCUT2D eigenvalue weighted by Gasteiger charge is 2.42. The number of fused-ring (bicyclic) bond motifs is 3. The lowest BCUT2D eigenvalue weighted by atomic mass is 10.1. The van der Waals surface area contributed by atoms with Gasteiger partial charge < -0.3 is 9.80 Å². The first-order valence-corrected chi connectivity index (χ1v) is 10.8. The SMILES string of the molecule is Cc1ccc2c(ccc(=O)n2C(=O)N2CC3CCC(C2)N3c2ccc(Cl)c(Cl)c2)c1. The van der Waals surface area contributed by atoms with Crippen molar-refractivity contribution in [1.82, 2.24) is 9.47 Å². The molecule has 2 aliphatic heterocycles. The zero-order valence-corrected chi connectivity index (χ0v) is 18.0. The van der Waals surface area contributed by atoms with Crippen molar-refractivity contribution in [2.45, 2.75) is 31.8 Å². The summed E-state index contributed by atoms with van der Waals surface area (Å²) in [5.41, 5.74) is 2.48. The molecule has 2 aliphatic rings. The Hall–Kier alpha value is -2.50. The maximum atomic E-state index is 13.4. The van der Waals surface area contributed by atoms with Crippen molar-refractivity contribution >= 4 is 45.8 Å². The van der Waals surface area contributed by atoms with Gasteiger partial charge in [-0.25, -0.2) is 9.36 Å². The zero-order chi connectivity index (χ0) is 21.0. The van der Waals surface area contributed by atoms with Crippen molar-refractivity contribution in [2.24, 2.45) is 0 Å². The molecule has 2 saturated heterocycles. The molecule has 0 saturated carbocycles. The topological polar surface area (TPSA) is 45.6 Å². The summed E-state index contributed by atoms with van der Waals surface area (Å²) >= 11 is 12.3. The molecule has 2 unspecified atom stereocenters. The lowest BCUT2D eigenvalue weighted by molar-refractivity contribution is 0.185. The van der Waals surface area contributed by atoms with E-state index in [-0.39, 0.29) is 23.7 Å². The molecule has 2 atom stereocenters. The minimum absolute atomic E-state index is 0.192. The van der Waals surface area contributed by atoms with Gasteiger partial charge in [-0.1, -0.05) is 34.8 Å². The number of pyridine rings is 1. The number of benzene rings is 2. The van der Waals surface area contributed by atoms with E-state index in [0.717, 1.165) is 29.5 Å². The first kappa shape index (κ1) is 19.5. The third-order valence-corrected chi connectivity index (χ3v) is 6.93. The average Bonchev–Trinajstić information content (AvgIpc) is 2.99. The summed E-state index contributed by atoms with van der Waals surface area (Å²) < 4.78 is 1.31. The van der Waals surface area contributed by atoms with Crippen LogP contribution < -0.4 is 10.5 Å². The van der Waals surface area contributed by atoms with E-state index in [2.05, 4.69) is 4.90 Å². The summed E-state index contributed by atoms with van der Waals surface area (Å²) in [7, 11) is 0. The van der Waals surface area contributed by atoms with Gasteiger partial charge in [0, 0.05) is 36.9 Å². The monoisotopic (exact) mass is 441 g/mol. The molecule has 5 rings (SSSR count). The molecule has 0 aliphatic carbocycles. The third-order valence-electron chi connectivity index (χ3n) is 6.20. The number of halogens is 2. The van der Waals surface area contributed by atoms with Crippen LogP contribution in [0.5, 0.6) is 0 Å². The van der Waals surface area contributed by atoms with Crippen LogP contribution in [0.1, 0.15) is 18.4 Å². The molecule has 0 radical (unpaired) electrons. The smallest absolute Gasteiger partial charge is 0.331 e. The number of amides is 1. The van der Waals surface area contributed by atoms with Crippen LogP contribution in [-0.2, 0) is 0 Å². The van der Waals surface area contributed by atoms with Crippen LogP contribution in [0.25, 0.3) is 10.9 Å². The lowest BCUT2D eigenvalue weighted by Crippen LogP contribution is -2.57. The van der Waals surface area contributed by atoms with Crippen molar-refractivity contribution in [3.05, 3.63) is 74.5 Å². The molecule has 30 heavy (non-hydrogen) atoms. The number of aromatic nitrogens is 1. The zero-order valence-electron chi connectivity index (χ0n) is 16.5. The second kappa shape index (κ2) is 7.33. The van der Waals surface area contributed by atoms with Gasteiger partial charge >= 0.3 is 6.03 Å². The van der Waals surface area contributed by atoms with Gasteiger partial charge in [-0.2, -0.15) is 0 Å². The molecule has 2 fully saturated rings. The Morgan fingerprint density at radius 3 is 2.37 bits per heavy atom. The first-order valence-electron chi connectivity index (χ1n) is 10.1. The Morgan fingerprint density at radius 2 is 1.67 bits per heavy atom. The normalized spacial score (nSPS) is 20.8. The van der Waals surface area contributed by atoms with Crippen molar-refractivity contribution in [1.29, 1.82) is 0 Å². The highest BCUT2D eigenvalue weighted by atomic mass is 35.5. The van der Waals surface area contributed by atoms with Gasteiger partial charge in [0.05, 0.1) is 15.6 Å². The van der Waals surface area contributed by atoms with Gasteiger partial charge in [-0.15, -0.1) is 0 Å². The predicted molar refractivity (Wildman–Crippen MR) is 121 cm³/mol. The Morgan fingerprint density at radius 1 is 0.933 bits per heavy atom. The van der Waals surface area contributed by atoms with Gasteiger partial charge in [0.25, 0.3) is 5.56 Å². The molecule has 1 aromatic heterocycles. The van der Waals surface area contributed by atoms with Gasteiger partial charge in [-0.05, 0) is 61.5 Å². The van der Waals surface area contributed by atoms with Gasteiger partial charge in [0.2, 0.25) is 0 Å². The number of likely N-dealkylation sites (tertiary alicyclic amines) is 1. The second-order valence-electron chi connectivity index (χ2n) is 8.15. The largest absolute Gasteiger partial charge is 0.362 e. The molecule has 0 N–H and O–H groups in total. The van der Waals surface area contributed by atoms with Crippen LogP contribution in [0.2, 0.25) is 10.0 Å². The molecule has 154 valence electrons. The standard InChI is InChI=1S/C23H21Cl2N3O2/c1-14-2-8-21-15(10-14)3-9-22(29)28(21)23(30)26-12-17-4-5-18(13-26)27(17)16-6-7-19(24)20(25)11-16/h2-3,6-11,17-18H,4-5,12-13H2,1H3. The predicted octanol–water partition coefficient (Wildman–Crippen LogP) is 4.94. The molecular weight excluding hydrogens is 421 g/mol. The van der Waals surface area contributed by atoms with Crippen molar-refractivity contribution in [2.75, 3.05) is 18.0 Å². The molecule has 7 heteroatoms. The Bertz CT molecular complexity index is 1210. The van der Waals surface area contributed by atoms with Crippen molar-refractivity contribution in [3.63, 3.8) is 0 Å². The van der Waals surface area contributed by atoms with Crippen LogP contribution in [0.3, 0.4) is 0 Å². The molecule has 1 amide bonds. The van der Waals surface area contributed by atoms with E-state index in [1.807, 2.05) is 48.2 Å². The average molecular weight is 442 g/mol. The number of hydrogen-bond donors (Lipinski definition) is 0. The fourth-order valence-electron chi connectivity index (χ4n) is 4.83. The highest BCUT2D eigenvalue weighted by molar-refractivity contribution is 6.42. The fraction of sp³-hybridized carbons (Fsp3) is 0.304. The van der Waals surface area contributed by atoms with E-state index in [0.29, 0.717) is 28.7 Å². The molecule has 3 heterocycles. The second-order valence-corrected chi connectivity index (χ2v) is 8.96.